The van der Waals surface area contributed by atoms with Crippen molar-refractivity contribution in [1.29, 1.82) is 0 Å². The molecule has 0 aliphatic carbocycles. The quantitative estimate of drug-likeness (QED) is 0.564. The number of ether oxygens (including phenoxy) is 1. The second-order valence-electron chi connectivity index (χ2n) is 5.08. The summed E-state index contributed by atoms with van der Waals surface area (Å²) in [5.41, 5.74) is 0.655. The van der Waals surface area contributed by atoms with Crippen LogP contribution in [0.2, 0.25) is 0 Å². The number of aryl methyl sites for hydroxylation is 1. The van der Waals surface area contributed by atoms with Gasteiger partial charge in [0.25, 0.3) is 17.7 Å². The lowest BCUT2D eigenvalue weighted by Gasteiger charge is -2.12. The first-order chi connectivity index (χ1) is 11.5. The lowest BCUT2D eigenvalue weighted by atomic mass is 10.1. The predicted molar refractivity (Wildman–Crippen MR) is 83.0 cm³/mol. The summed E-state index contributed by atoms with van der Waals surface area (Å²) in [7, 11) is 0. The number of benzene rings is 1. The Morgan fingerprint density at radius 3 is 2.71 bits per heavy atom. The molecule has 0 saturated carbocycles. The van der Waals surface area contributed by atoms with Crippen molar-refractivity contribution in [2.45, 2.75) is 20.0 Å². The molecule has 0 spiro atoms. The van der Waals surface area contributed by atoms with Crippen LogP contribution in [0.15, 0.2) is 27.1 Å². The normalized spacial score (nSPS) is 13.3. The molecule has 0 N–H and O–H groups in total. The van der Waals surface area contributed by atoms with Gasteiger partial charge >= 0.3 is 5.97 Å². The highest BCUT2D eigenvalue weighted by atomic mass is 79.9. The minimum atomic E-state index is -0.566. The molecule has 9 heteroatoms. The monoisotopic (exact) mass is 393 g/mol. The maximum atomic E-state index is 12.3. The fraction of sp³-hybridized carbons (Fsp3) is 0.267. The molecule has 1 aromatic heterocycles. The first-order valence-corrected chi connectivity index (χ1v) is 7.85. The molecule has 0 bridgehead atoms. The molecule has 0 unspecified atom stereocenters. The van der Waals surface area contributed by atoms with Gasteiger partial charge in [-0.1, -0.05) is 15.9 Å². The number of hydrogen-bond donors (Lipinski definition) is 0. The molecule has 1 aliphatic rings. The number of rotatable bonds is 5. The third kappa shape index (κ3) is 3.21. The van der Waals surface area contributed by atoms with Crippen molar-refractivity contribution in [2.24, 2.45) is 0 Å². The van der Waals surface area contributed by atoms with E-state index in [9.17, 15) is 14.4 Å². The molecule has 8 nitrogen and oxygen atoms in total. The highest BCUT2D eigenvalue weighted by Crippen LogP contribution is 2.26. The van der Waals surface area contributed by atoms with Crippen molar-refractivity contribution >= 4 is 33.7 Å². The van der Waals surface area contributed by atoms with E-state index in [2.05, 4.69) is 26.1 Å². The van der Waals surface area contributed by atoms with Gasteiger partial charge in [0.2, 0.25) is 5.89 Å². The maximum absolute atomic E-state index is 12.3. The lowest BCUT2D eigenvalue weighted by Crippen LogP contribution is -2.32. The molecule has 0 fully saturated rings. The minimum absolute atomic E-state index is 0.0499. The van der Waals surface area contributed by atoms with Crippen molar-refractivity contribution in [1.82, 2.24) is 15.1 Å². The number of aromatic nitrogens is 2. The van der Waals surface area contributed by atoms with E-state index in [0.29, 0.717) is 21.5 Å². The topological polar surface area (TPSA) is 103 Å². The van der Waals surface area contributed by atoms with E-state index in [0.717, 1.165) is 4.90 Å². The molecule has 0 atom stereocenters. The van der Waals surface area contributed by atoms with Crippen molar-refractivity contribution in [3.63, 3.8) is 0 Å². The number of fused-ring (bicyclic) bond motifs is 1. The van der Waals surface area contributed by atoms with Crippen molar-refractivity contribution in [2.75, 3.05) is 6.54 Å². The summed E-state index contributed by atoms with van der Waals surface area (Å²) in [6, 6.07) is 4.86. The standard InChI is InChI=1S/C15H12BrN3O5/c1-8-17-18-12(24-8)7-23-13(20)4-5-19-14(21)10-3-2-9(16)6-11(10)15(19)22/h2-3,6H,4-5,7H2,1H3. The Kier molecular flexibility index (Phi) is 4.43. The van der Waals surface area contributed by atoms with Gasteiger partial charge in [0.1, 0.15) is 0 Å². The van der Waals surface area contributed by atoms with E-state index in [-0.39, 0.29) is 25.5 Å². The SMILES string of the molecule is Cc1nnc(COC(=O)CCN2C(=O)c3ccc(Br)cc3C2=O)o1. The van der Waals surface area contributed by atoms with Crippen molar-refractivity contribution < 1.29 is 23.5 Å². The van der Waals surface area contributed by atoms with Crippen LogP contribution >= 0.6 is 15.9 Å². The highest BCUT2D eigenvalue weighted by molar-refractivity contribution is 9.10. The van der Waals surface area contributed by atoms with Crippen molar-refractivity contribution in [3.05, 3.63) is 45.6 Å². The number of imide groups is 1. The van der Waals surface area contributed by atoms with Gasteiger partial charge in [0, 0.05) is 17.9 Å². The van der Waals surface area contributed by atoms with Gasteiger partial charge in [-0.15, -0.1) is 10.2 Å². The summed E-state index contributed by atoms with van der Waals surface area (Å²) >= 11 is 3.26. The Bertz CT molecular complexity index is 832. The van der Waals surface area contributed by atoms with Crippen LogP contribution in [0.1, 0.15) is 38.9 Å². The Balaban J connectivity index is 1.56. The molecule has 0 radical (unpaired) electrons. The Hall–Kier alpha value is -2.55. The van der Waals surface area contributed by atoms with Gasteiger partial charge in [-0.3, -0.25) is 19.3 Å². The Morgan fingerprint density at radius 2 is 2.00 bits per heavy atom. The summed E-state index contributed by atoms with van der Waals surface area (Å²) in [6.45, 7) is 1.43. The molecule has 2 heterocycles. The van der Waals surface area contributed by atoms with Gasteiger partial charge in [-0.05, 0) is 18.2 Å². The van der Waals surface area contributed by atoms with Crippen LogP contribution in [0.3, 0.4) is 0 Å². The maximum Gasteiger partial charge on any atom is 0.308 e. The number of halogens is 1. The van der Waals surface area contributed by atoms with Crippen LogP contribution in [-0.2, 0) is 16.1 Å². The summed E-state index contributed by atoms with van der Waals surface area (Å²) in [6.07, 6.45) is -0.111. The third-order valence-corrected chi connectivity index (χ3v) is 3.89. The largest absolute Gasteiger partial charge is 0.456 e. The Labute approximate surface area is 144 Å². The van der Waals surface area contributed by atoms with Gasteiger partial charge in [-0.2, -0.15) is 0 Å². The molecule has 1 aliphatic heterocycles. The average Bonchev–Trinajstić information content (AvgIpc) is 3.06. The zero-order chi connectivity index (χ0) is 17.3. The summed E-state index contributed by atoms with van der Waals surface area (Å²) in [4.78, 5) is 37.3. The summed E-state index contributed by atoms with van der Waals surface area (Å²) < 4.78 is 10.8. The van der Waals surface area contributed by atoms with Crippen LogP contribution in [0.4, 0.5) is 0 Å². The van der Waals surface area contributed by atoms with Gasteiger partial charge in [-0.25, -0.2) is 0 Å². The zero-order valence-electron chi connectivity index (χ0n) is 12.6. The van der Waals surface area contributed by atoms with Gasteiger partial charge < -0.3 is 9.15 Å². The molecule has 1 aromatic carbocycles. The van der Waals surface area contributed by atoms with Crippen LogP contribution < -0.4 is 0 Å². The zero-order valence-corrected chi connectivity index (χ0v) is 14.2. The van der Waals surface area contributed by atoms with Gasteiger partial charge in [0.15, 0.2) is 6.61 Å². The predicted octanol–water partition coefficient (Wildman–Crippen LogP) is 1.87. The molecule has 124 valence electrons. The first kappa shape index (κ1) is 16.3. The highest BCUT2D eigenvalue weighted by Gasteiger charge is 2.35. The number of nitrogens with zero attached hydrogens (tertiary/aromatic N) is 3. The molecule has 2 aromatic rings. The first-order valence-electron chi connectivity index (χ1n) is 7.06. The smallest absolute Gasteiger partial charge is 0.308 e. The van der Waals surface area contributed by atoms with Crippen LogP contribution in [0, 0.1) is 6.92 Å². The van der Waals surface area contributed by atoms with E-state index in [4.69, 9.17) is 9.15 Å². The summed E-state index contributed by atoms with van der Waals surface area (Å²) in [5, 5.41) is 7.31. The van der Waals surface area contributed by atoms with E-state index >= 15 is 0 Å². The fourth-order valence-electron chi connectivity index (χ4n) is 2.28. The molecule has 2 amide bonds. The number of carbonyl (C=O) groups excluding carboxylic acids is 3. The number of carbonyl (C=O) groups is 3. The third-order valence-electron chi connectivity index (χ3n) is 3.40. The lowest BCUT2D eigenvalue weighted by molar-refractivity contribution is -0.145. The van der Waals surface area contributed by atoms with Crippen LogP contribution in [0.25, 0.3) is 0 Å². The van der Waals surface area contributed by atoms with Crippen LogP contribution in [0.5, 0.6) is 0 Å². The molecular formula is C15H12BrN3O5. The van der Waals surface area contributed by atoms with Crippen molar-refractivity contribution in [3.8, 4) is 0 Å². The summed E-state index contributed by atoms with van der Waals surface area (Å²) in [5.74, 6) is -0.840. The number of amides is 2. The second-order valence-corrected chi connectivity index (χ2v) is 5.99. The van der Waals surface area contributed by atoms with Gasteiger partial charge in [0.05, 0.1) is 17.5 Å². The van der Waals surface area contributed by atoms with E-state index < -0.39 is 17.8 Å². The van der Waals surface area contributed by atoms with Crippen LogP contribution in [-0.4, -0.2) is 39.4 Å². The molecular weight excluding hydrogens is 382 g/mol. The van der Waals surface area contributed by atoms with E-state index in [1.807, 2.05) is 0 Å². The van der Waals surface area contributed by atoms with E-state index in [1.54, 1.807) is 25.1 Å². The molecule has 24 heavy (non-hydrogen) atoms. The van der Waals surface area contributed by atoms with E-state index in [1.165, 1.54) is 0 Å². The second kappa shape index (κ2) is 6.52. The number of hydrogen-bond acceptors (Lipinski definition) is 7. The average molecular weight is 394 g/mol. The Morgan fingerprint density at radius 1 is 1.25 bits per heavy atom. The number of esters is 1. The molecule has 3 rings (SSSR count). The fourth-order valence-corrected chi connectivity index (χ4v) is 2.64. The minimum Gasteiger partial charge on any atom is -0.456 e. The molecule has 0 saturated heterocycles.